The number of carbonyl (C=O) groups is 2. The van der Waals surface area contributed by atoms with E-state index in [1.165, 1.54) is 0 Å². The third kappa shape index (κ3) is 4.90. The molecule has 2 N–H and O–H groups in total. The number of nitrogens with one attached hydrogen (secondary N) is 1. The Labute approximate surface area is 169 Å². The van der Waals surface area contributed by atoms with Crippen molar-refractivity contribution < 1.29 is 19.4 Å². The lowest BCUT2D eigenvalue weighted by atomic mass is 10.0. The van der Waals surface area contributed by atoms with Gasteiger partial charge in [-0.25, -0.2) is 9.78 Å². The molecule has 0 aliphatic carbocycles. The summed E-state index contributed by atoms with van der Waals surface area (Å²) in [5.41, 5.74) is 1.94. The Bertz CT molecular complexity index is 1040. The molecule has 0 unspecified atom stereocenters. The molecule has 6 heteroatoms. The Morgan fingerprint density at radius 2 is 1.79 bits per heavy atom. The second-order valence-electron chi connectivity index (χ2n) is 7.48. The average molecular weight is 392 g/mol. The molecular weight excluding hydrogens is 368 g/mol. The van der Waals surface area contributed by atoms with Gasteiger partial charge in [0.15, 0.2) is 6.61 Å². The Kier molecular flexibility index (Phi) is 5.82. The van der Waals surface area contributed by atoms with Crippen LogP contribution in [-0.2, 0) is 9.53 Å². The van der Waals surface area contributed by atoms with Gasteiger partial charge in [0, 0.05) is 16.5 Å². The Morgan fingerprint density at radius 1 is 1.10 bits per heavy atom. The van der Waals surface area contributed by atoms with E-state index in [1.54, 1.807) is 36.4 Å². The lowest BCUT2D eigenvalue weighted by Gasteiger charge is -2.24. The first kappa shape index (κ1) is 20.3. The molecule has 0 fully saturated rings. The van der Waals surface area contributed by atoms with Gasteiger partial charge in [-0.15, -0.1) is 0 Å². The van der Waals surface area contributed by atoms with Crippen molar-refractivity contribution in [1.82, 2.24) is 10.3 Å². The molecular formula is C23H24N2O4. The van der Waals surface area contributed by atoms with Gasteiger partial charge in [-0.2, -0.15) is 0 Å². The number of aromatic hydroxyl groups is 1. The van der Waals surface area contributed by atoms with E-state index in [-0.39, 0.29) is 23.8 Å². The van der Waals surface area contributed by atoms with Crippen LogP contribution in [-0.4, -0.2) is 34.1 Å². The Morgan fingerprint density at radius 3 is 2.48 bits per heavy atom. The van der Waals surface area contributed by atoms with Gasteiger partial charge < -0.3 is 15.2 Å². The van der Waals surface area contributed by atoms with E-state index < -0.39 is 5.97 Å². The second-order valence-corrected chi connectivity index (χ2v) is 7.48. The number of phenols is 1. The van der Waals surface area contributed by atoms with Crippen molar-refractivity contribution in [3.63, 3.8) is 0 Å². The van der Waals surface area contributed by atoms with E-state index in [4.69, 9.17) is 4.74 Å². The molecule has 1 heterocycles. The number of esters is 1. The maximum Gasteiger partial charge on any atom is 0.339 e. The first-order valence-electron chi connectivity index (χ1n) is 9.46. The zero-order chi connectivity index (χ0) is 21.0. The fraction of sp³-hybridized carbons (Fsp3) is 0.261. The number of nitrogens with zero attached hydrogens (tertiary/aromatic N) is 1. The number of aromatic nitrogens is 1. The molecule has 0 aliphatic heterocycles. The van der Waals surface area contributed by atoms with Crippen molar-refractivity contribution in [2.45, 2.75) is 32.7 Å². The van der Waals surface area contributed by atoms with Crippen molar-refractivity contribution in [3.8, 4) is 17.0 Å². The molecule has 0 saturated carbocycles. The number of benzene rings is 2. The fourth-order valence-corrected chi connectivity index (χ4v) is 2.84. The van der Waals surface area contributed by atoms with Gasteiger partial charge in [-0.1, -0.05) is 25.1 Å². The molecule has 3 aromatic rings. The summed E-state index contributed by atoms with van der Waals surface area (Å²) in [6.07, 6.45) is 0.762. The van der Waals surface area contributed by atoms with Crippen molar-refractivity contribution >= 4 is 22.8 Å². The van der Waals surface area contributed by atoms with E-state index in [9.17, 15) is 14.7 Å². The molecule has 1 amide bonds. The predicted octanol–water partition coefficient (Wildman–Crippen LogP) is 4.07. The monoisotopic (exact) mass is 392 g/mol. The molecule has 150 valence electrons. The predicted molar refractivity (Wildman–Crippen MR) is 112 cm³/mol. The number of hydrogen-bond acceptors (Lipinski definition) is 5. The van der Waals surface area contributed by atoms with Crippen LogP contribution in [0.1, 0.15) is 37.6 Å². The number of fused-ring (bicyclic) bond motifs is 1. The minimum Gasteiger partial charge on any atom is -0.508 e. The van der Waals surface area contributed by atoms with Gasteiger partial charge in [0.2, 0.25) is 0 Å². The number of phenolic OH excluding ortho intramolecular Hbond substituents is 1. The van der Waals surface area contributed by atoms with Crippen molar-refractivity contribution in [1.29, 1.82) is 0 Å². The van der Waals surface area contributed by atoms with Crippen LogP contribution in [0.2, 0.25) is 0 Å². The third-order valence-corrected chi connectivity index (χ3v) is 4.80. The molecule has 0 saturated heterocycles. The van der Waals surface area contributed by atoms with Crippen LogP contribution in [0.5, 0.6) is 5.75 Å². The van der Waals surface area contributed by atoms with Gasteiger partial charge in [-0.05, 0) is 56.7 Å². The quantitative estimate of drug-likeness (QED) is 0.618. The smallest absolute Gasteiger partial charge is 0.339 e. The van der Waals surface area contributed by atoms with Crippen molar-refractivity contribution in [2.24, 2.45) is 0 Å². The summed E-state index contributed by atoms with van der Waals surface area (Å²) in [5, 5.41) is 13.0. The largest absolute Gasteiger partial charge is 0.508 e. The van der Waals surface area contributed by atoms with E-state index in [0.717, 1.165) is 12.0 Å². The summed E-state index contributed by atoms with van der Waals surface area (Å²) in [6, 6.07) is 15.5. The minimum atomic E-state index is -0.590. The van der Waals surface area contributed by atoms with Crippen molar-refractivity contribution in [3.05, 3.63) is 60.2 Å². The second kappa shape index (κ2) is 8.31. The zero-order valence-corrected chi connectivity index (χ0v) is 16.7. The van der Waals surface area contributed by atoms with Crippen LogP contribution in [0.3, 0.4) is 0 Å². The normalized spacial score (nSPS) is 11.3. The molecule has 0 aliphatic rings. The number of ether oxygens (including phenoxy) is 1. The highest BCUT2D eigenvalue weighted by Gasteiger charge is 2.20. The zero-order valence-electron chi connectivity index (χ0n) is 16.7. The lowest BCUT2D eigenvalue weighted by Crippen LogP contribution is -2.44. The number of carbonyl (C=O) groups excluding carboxylic acids is 2. The number of hydrogen-bond donors (Lipinski definition) is 2. The van der Waals surface area contributed by atoms with Crippen LogP contribution in [0.15, 0.2) is 54.6 Å². The molecule has 1 aromatic heterocycles. The molecule has 29 heavy (non-hydrogen) atoms. The van der Waals surface area contributed by atoms with Gasteiger partial charge >= 0.3 is 5.97 Å². The fourth-order valence-electron chi connectivity index (χ4n) is 2.84. The topological polar surface area (TPSA) is 88.5 Å². The van der Waals surface area contributed by atoms with Gasteiger partial charge in [0.05, 0.1) is 16.8 Å². The standard InChI is InChI=1S/C23H24N2O4/c1-4-23(2,3)25-21(27)14-29-22(28)18-13-20(15-9-11-16(26)12-10-15)24-19-8-6-5-7-17(18)19/h5-13,26H,4,14H2,1-3H3,(H,25,27). The molecule has 0 spiro atoms. The van der Waals surface area contributed by atoms with Gasteiger partial charge in [0.1, 0.15) is 5.75 Å². The molecule has 2 aromatic carbocycles. The number of pyridine rings is 1. The molecule has 6 nitrogen and oxygen atoms in total. The molecule has 0 atom stereocenters. The van der Waals surface area contributed by atoms with Gasteiger partial charge in [-0.3, -0.25) is 4.79 Å². The summed E-state index contributed by atoms with van der Waals surface area (Å²) >= 11 is 0. The molecule has 3 rings (SSSR count). The molecule has 0 bridgehead atoms. The van der Waals surface area contributed by atoms with E-state index in [1.807, 2.05) is 39.0 Å². The number of amides is 1. The lowest BCUT2D eigenvalue weighted by molar-refractivity contribution is -0.125. The first-order chi connectivity index (χ1) is 13.8. The third-order valence-electron chi connectivity index (χ3n) is 4.80. The van der Waals surface area contributed by atoms with E-state index in [2.05, 4.69) is 10.3 Å². The van der Waals surface area contributed by atoms with Crippen LogP contribution in [0.4, 0.5) is 0 Å². The van der Waals surface area contributed by atoms with Gasteiger partial charge in [0.25, 0.3) is 5.91 Å². The maximum absolute atomic E-state index is 12.8. The Balaban J connectivity index is 1.88. The van der Waals surface area contributed by atoms with Crippen LogP contribution in [0.25, 0.3) is 22.2 Å². The SMILES string of the molecule is CCC(C)(C)NC(=O)COC(=O)c1cc(-c2ccc(O)cc2)nc2ccccc12. The summed E-state index contributed by atoms with van der Waals surface area (Å²) in [5.74, 6) is -0.786. The summed E-state index contributed by atoms with van der Waals surface area (Å²) < 4.78 is 5.28. The number of rotatable bonds is 6. The number of para-hydroxylation sites is 1. The Hall–Kier alpha value is -3.41. The van der Waals surface area contributed by atoms with Crippen molar-refractivity contribution in [2.75, 3.05) is 6.61 Å². The summed E-state index contributed by atoms with van der Waals surface area (Å²) in [4.78, 5) is 29.5. The van der Waals surface area contributed by atoms with Crippen LogP contribution < -0.4 is 5.32 Å². The summed E-state index contributed by atoms with van der Waals surface area (Å²) in [7, 11) is 0. The summed E-state index contributed by atoms with van der Waals surface area (Å²) in [6.45, 7) is 5.44. The maximum atomic E-state index is 12.8. The highest BCUT2D eigenvalue weighted by Crippen LogP contribution is 2.26. The van der Waals surface area contributed by atoms with E-state index >= 15 is 0 Å². The van der Waals surface area contributed by atoms with E-state index in [0.29, 0.717) is 22.2 Å². The minimum absolute atomic E-state index is 0.148. The molecule has 0 radical (unpaired) electrons. The highest BCUT2D eigenvalue weighted by atomic mass is 16.5. The van der Waals surface area contributed by atoms with Crippen LogP contribution >= 0.6 is 0 Å². The van der Waals surface area contributed by atoms with Crippen LogP contribution in [0, 0.1) is 0 Å². The first-order valence-corrected chi connectivity index (χ1v) is 9.46. The highest BCUT2D eigenvalue weighted by molar-refractivity contribution is 6.05. The average Bonchev–Trinajstić information content (AvgIpc) is 2.71.